The van der Waals surface area contributed by atoms with E-state index in [1.807, 2.05) is 30.3 Å². The molecule has 0 N–H and O–H groups in total. The third kappa shape index (κ3) is 7.01. The van der Waals surface area contributed by atoms with Crippen molar-refractivity contribution >= 4 is 33.0 Å². The molecular formula is C22H26BrN5O2. The number of benzene rings is 2. The Morgan fingerprint density at radius 3 is 2.27 bits per heavy atom. The number of hydrogen-bond donors (Lipinski definition) is 0. The Balaban J connectivity index is 2.13. The third-order valence-corrected chi connectivity index (χ3v) is 5.25. The average Bonchev–Trinajstić information content (AvgIpc) is 2.75. The smallest absolute Gasteiger partial charge is 0.272 e. The summed E-state index contributed by atoms with van der Waals surface area (Å²) in [5.74, 6) is 0. The van der Waals surface area contributed by atoms with E-state index in [-0.39, 0.29) is 16.9 Å². The van der Waals surface area contributed by atoms with Gasteiger partial charge in [0.1, 0.15) is 11.8 Å². The van der Waals surface area contributed by atoms with Crippen LogP contribution in [0.15, 0.2) is 51.1 Å². The van der Waals surface area contributed by atoms with Gasteiger partial charge in [-0.3, -0.25) is 15.0 Å². The summed E-state index contributed by atoms with van der Waals surface area (Å²) in [7, 11) is 0. The van der Waals surface area contributed by atoms with Crippen LogP contribution >= 0.6 is 15.9 Å². The Labute approximate surface area is 185 Å². The van der Waals surface area contributed by atoms with Gasteiger partial charge in [0.05, 0.1) is 20.6 Å². The normalized spacial score (nSPS) is 11.2. The summed E-state index contributed by atoms with van der Waals surface area (Å²) in [6.07, 6.45) is 4.76. The van der Waals surface area contributed by atoms with Gasteiger partial charge in [0.2, 0.25) is 0 Å². The topological polar surface area (TPSA) is 94.9 Å². The Bertz CT molecular complexity index is 914. The zero-order valence-corrected chi connectivity index (χ0v) is 18.9. The molecule has 0 spiro atoms. The molecule has 0 amide bonds. The van der Waals surface area contributed by atoms with Crippen molar-refractivity contribution in [2.24, 2.45) is 10.2 Å². The van der Waals surface area contributed by atoms with Crippen molar-refractivity contribution in [2.45, 2.75) is 46.1 Å². The molecule has 0 aromatic heterocycles. The van der Waals surface area contributed by atoms with Crippen molar-refractivity contribution in [3.8, 4) is 6.07 Å². The molecule has 0 aliphatic heterocycles. The Morgan fingerprint density at radius 1 is 1.10 bits per heavy atom. The predicted octanol–water partition coefficient (Wildman–Crippen LogP) is 7.05. The van der Waals surface area contributed by atoms with Crippen molar-refractivity contribution in [1.82, 2.24) is 4.90 Å². The standard InChI is InChI=1S/C22H26BrN5O2/c1-3-5-11-27(12-6-4-2)16-17-7-9-19(10-8-17)25-26-22-18(15-24)13-20(28(29)30)14-21(22)23/h7-10,13-14H,3-6,11-12,16H2,1-2H3. The zero-order valence-electron chi connectivity index (χ0n) is 17.3. The Morgan fingerprint density at radius 2 is 1.73 bits per heavy atom. The highest BCUT2D eigenvalue weighted by Crippen LogP contribution is 2.34. The van der Waals surface area contributed by atoms with Crippen LogP contribution in [-0.2, 0) is 6.54 Å². The van der Waals surface area contributed by atoms with Gasteiger partial charge in [-0.2, -0.15) is 10.4 Å². The minimum absolute atomic E-state index is 0.0962. The van der Waals surface area contributed by atoms with Crippen molar-refractivity contribution in [3.05, 3.63) is 62.1 Å². The lowest BCUT2D eigenvalue weighted by molar-refractivity contribution is -0.384. The average molecular weight is 472 g/mol. The van der Waals surface area contributed by atoms with Gasteiger partial charge in [-0.25, -0.2) is 0 Å². The molecule has 0 heterocycles. The van der Waals surface area contributed by atoms with E-state index >= 15 is 0 Å². The summed E-state index contributed by atoms with van der Waals surface area (Å²) < 4.78 is 0.358. The Kier molecular flexibility index (Phi) is 9.58. The van der Waals surface area contributed by atoms with Gasteiger partial charge in [0, 0.05) is 18.7 Å². The van der Waals surface area contributed by atoms with E-state index in [1.54, 1.807) is 0 Å². The van der Waals surface area contributed by atoms with Gasteiger partial charge in [-0.05, 0) is 59.6 Å². The molecule has 0 saturated carbocycles. The van der Waals surface area contributed by atoms with E-state index in [9.17, 15) is 15.4 Å². The minimum Gasteiger partial charge on any atom is -0.299 e. The highest BCUT2D eigenvalue weighted by Gasteiger charge is 2.15. The summed E-state index contributed by atoms with van der Waals surface area (Å²) in [5, 5.41) is 28.6. The van der Waals surface area contributed by atoms with E-state index in [4.69, 9.17) is 0 Å². The van der Waals surface area contributed by atoms with Gasteiger partial charge in [0.25, 0.3) is 5.69 Å². The molecule has 2 aromatic carbocycles. The van der Waals surface area contributed by atoms with Crippen molar-refractivity contribution < 1.29 is 4.92 Å². The predicted molar refractivity (Wildman–Crippen MR) is 121 cm³/mol. The molecule has 0 saturated heterocycles. The molecule has 0 radical (unpaired) electrons. The quantitative estimate of drug-likeness (QED) is 0.199. The molecule has 7 nitrogen and oxygen atoms in total. The zero-order chi connectivity index (χ0) is 21.9. The molecule has 0 aliphatic rings. The number of azo groups is 1. The van der Waals surface area contributed by atoms with Crippen LogP contribution in [0.3, 0.4) is 0 Å². The second kappa shape index (κ2) is 12.2. The van der Waals surface area contributed by atoms with E-state index < -0.39 is 4.92 Å². The summed E-state index contributed by atoms with van der Waals surface area (Å²) >= 11 is 3.25. The van der Waals surface area contributed by atoms with Crippen molar-refractivity contribution in [2.75, 3.05) is 13.1 Å². The number of nitro benzene ring substituents is 1. The molecule has 8 heteroatoms. The van der Waals surface area contributed by atoms with Gasteiger partial charge >= 0.3 is 0 Å². The first-order chi connectivity index (χ1) is 14.5. The second-order valence-corrected chi connectivity index (χ2v) is 7.90. The van der Waals surface area contributed by atoms with Gasteiger partial charge in [-0.15, -0.1) is 5.11 Å². The molecule has 0 fully saturated rings. The van der Waals surface area contributed by atoms with Crippen molar-refractivity contribution in [3.63, 3.8) is 0 Å². The van der Waals surface area contributed by atoms with E-state index in [0.29, 0.717) is 10.2 Å². The summed E-state index contributed by atoms with van der Waals surface area (Å²) in [4.78, 5) is 12.9. The van der Waals surface area contributed by atoms with Gasteiger partial charge in [-0.1, -0.05) is 38.8 Å². The van der Waals surface area contributed by atoms with Crippen LogP contribution in [0.1, 0.15) is 50.7 Å². The third-order valence-electron chi connectivity index (χ3n) is 4.64. The first kappa shape index (κ1) is 23.6. The van der Waals surface area contributed by atoms with Crippen LogP contribution in [0.4, 0.5) is 17.1 Å². The van der Waals surface area contributed by atoms with Crippen LogP contribution in [0.25, 0.3) is 0 Å². The van der Waals surface area contributed by atoms with Crippen molar-refractivity contribution in [1.29, 1.82) is 5.26 Å². The maximum atomic E-state index is 11.0. The van der Waals surface area contributed by atoms with Crippen LogP contribution < -0.4 is 0 Å². The van der Waals surface area contributed by atoms with E-state index in [1.165, 1.54) is 43.4 Å². The number of hydrogen-bond acceptors (Lipinski definition) is 6. The summed E-state index contributed by atoms with van der Waals surface area (Å²) in [5.41, 5.74) is 2.07. The first-order valence-corrected chi connectivity index (χ1v) is 10.9. The minimum atomic E-state index is -0.546. The maximum absolute atomic E-state index is 11.0. The number of non-ortho nitro benzene ring substituents is 1. The molecular weight excluding hydrogens is 446 g/mol. The monoisotopic (exact) mass is 471 g/mol. The Hall–Kier alpha value is -2.63. The SMILES string of the molecule is CCCCN(CCCC)Cc1ccc(N=Nc2c(Br)cc([N+](=O)[O-])cc2C#N)cc1. The van der Waals surface area contributed by atoms with E-state index in [2.05, 4.69) is 44.9 Å². The van der Waals surface area contributed by atoms with E-state index in [0.717, 1.165) is 19.6 Å². The fourth-order valence-corrected chi connectivity index (χ4v) is 3.47. The molecule has 158 valence electrons. The molecule has 0 unspecified atom stereocenters. The number of nitriles is 1. The van der Waals surface area contributed by atoms with Gasteiger partial charge < -0.3 is 0 Å². The molecule has 0 bridgehead atoms. The lowest BCUT2D eigenvalue weighted by atomic mass is 10.1. The van der Waals surface area contributed by atoms with Crippen LogP contribution in [-0.4, -0.2) is 22.9 Å². The fraction of sp³-hybridized carbons (Fsp3) is 0.409. The number of halogens is 1. The summed E-state index contributed by atoms with van der Waals surface area (Å²) in [6.45, 7) is 7.52. The lowest BCUT2D eigenvalue weighted by Crippen LogP contribution is -2.25. The van der Waals surface area contributed by atoms with Crippen LogP contribution in [0.5, 0.6) is 0 Å². The number of nitrogens with zero attached hydrogens (tertiary/aromatic N) is 5. The van der Waals surface area contributed by atoms with Gasteiger partial charge in [0.15, 0.2) is 0 Å². The number of rotatable bonds is 11. The highest BCUT2D eigenvalue weighted by atomic mass is 79.9. The van der Waals surface area contributed by atoms with Crippen LogP contribution in [0, 0.1) is 21.4 Å². The molecule has 2 rings (SSSR count). The second-order valence-electron chi connectivity index (χ2n) is 7.04. The first-order valence-electron chi connectivity index (χ1n) is 10.1. The summed E-state index contributed by atoms with van der Waals surface area (Å²) in [6, 6.07) is 12.3. The largest absolute Gasteiger partial charge is 0.299 e. The molecule has 0 atom stereocenters. The maximum Gasteiger partial charge on any atom is 0.272 e. The van der Waals surface area contributed by atoms with Crippen LogP contribution in [0.2, 0.25) is 0 Å². The molecule has 30 heavy (non-hydrogen) atoms. The number of unbranched alkanes of at least 4 members (excludes halogenated alkanes) is 2. The lowest BCUT2D eigenvalue weighted by Gasteiger charge is -2.22. The fourth-order valence-electron chi connectivity index (χ4n) is 2.94. The highest BCUT2D eigenvalue weighted by molar-refractivity contribution is 9.10. The molecule has 2 aromatic rings. The molecule has 0 aliphatic carbocycles. The number of nitro groups is 1.